The highest BCUT2D eigenvalue weighted by Gasteiger charge is 2.16. The maximum atomic E-state index is 12.2. The number of nitrogens with one attached hydrogen (secondary N) is 1. The second-order valence-electron chi connectivity index (χ2n) is 4.31. The molecule has 8 nitrogen and oxygen atoms in total. The van der Waals surface area contributed by atoms with Crippen molar-refractivity contribution in [1.29, 1.82) is 0 Å². The van der Waals surface area contributed by atoms with E-state index in [1.54, 1.807) is 14.0 Å². The molecule has 20 heavy (non-hydrogen) atoms. The summed E-state index contributed by atoms with van der Waals surface area (Å²) in [4.78, 5) is 27.8. The minimum absolute atomic E-state index is 0.113. The number of amides is 1. The molecule has 0 saturated heterocycles. The number of nitro groups is 1. The molecular weight excluding hydrogens is 262 g/mol. The van der Waals surface area contributed by atoms with E-state index < -0.39 is 4.92 Å². The molecule has 0 atom stereocenters. The minimum Gasteiger partial charge on any atom is -0.334 e. The molecule has 0 aliphatic heterocycles. The summed E-state index contributed by atoms with van der Waals surface area (Å²) < 4.78 is 0. The first-order chi connectivity index (χ1) is 9.47. The first-order valence-electron chi connectivity index (χ1n) is 5.85. The Balaban J connectivity index is 2.14. The van der Waals surface area contributed by atoms with Crippen molar-refractivity contribution in [2.75, 3.05) is 7.05 Å². The molecule has 0 unspecified atom stereocenters. The van der Waals surface area contributed by atoms with Gasteiger partial charge in [0.25, 0.3) is 11.6 Å². The first-order valence-corrected chi connectivity index (χ1v) is 5.85. The number of aromatic nitrogens is 3. The zero-order valence-corrected chi connectivity index (χ0v) is 11.0. The molecule has 0 bridgehead atoms. The van der Waals surface area contributed by atoms with E-state index in [0.717, 1.165) is 0 Å². The van der Waals surface area contributed by atoms with Crippen LogP contribution in [0.25, 0.3) is 0 Å². The van der Waals surface area contributed by atoms with Crippen molar-refractivity contribution in [2.45, 2.75) is 13.5 Å². The number of hydrogen-bond acceptors (Lipinski definition) is 5. The second-order valence-corrected chi connectivity index (χ2v) is 4.31. The smallest absolute Gasteiger partial charge is 0.270 e. The Labute approximate surface area is 114 Å². The summed E-state index contributed by atoms with van der Waals surface area (Å²) in [5, 5.41) is 17.3. The summed E-state index contributed by atoms with van der Waals surface area (Å²) in [7, 11) is 1.59. The fourth-order valence-electron chi connectivity index (χ4n) is 1.72. The largest absolute Gasteiger partial charge is 0.334 e. The summed E-state index contributed by atoms with van der Waals surface area (Å²) >= 11 is 0. The van der Waals surface area contributed by atoms with Crippen LogP contribution in [-0.2, 0) is 6.54 Å². The van der Waals surface area contributed by atoms with E-state index in [1.807, 2.05) is 0 Å². The highest BCUT2D eigenvalue weighted by molar-refractivity contribution is 5.94. The maximum Gasteiger partial charge on any atom is 0.270 e. The van der Waals surface area contributed by atoms with Crippen molar-refractivity contribution in [3.63, 3.8) is 0 Å². The van der Waals surface area contributed by atoms with Gasteiger partial charge in [-0.2, -0.15) is 5.10 Å². The van der Waals surface area contributed by atoms with E-state index in [9.17, 15) is 14.9 Å². The zero-order valence-electron chi connectivity index (χ0n) is 11.0. The van der Waals surface area contributed by atoms with Crippen molar-refractivity contribution in [1.82, 2.24) is 20.1 Å². The number of hydrogen-bond donors (Lipinski definition) is 1. The van der Waals surface area contributed by atoms with Crippen molar-refractivity contribution in [3.8, 4) is 0 Å². The summed E-state index contributed by atoms with van der Waals surface area (Å²) in [5.41, 5.74) is 0.145. The highest BCUT2D eigenvalue weighted by atomic mass is 16.6. The molecule has 1 heterocycles. The summed E-state index contributed by atoms with van der Waals surface area (Å²) in [6, 6.07) is 5.61. The van der Waals surface area contributed by atoms with Gasteiger partial charge in [-0.15, -0.1) is 0 Å². The zero-order chi connectivity index (χ0) is 14.7. The van der Waals surface area contributed by atoms with Crippen LogP contribution in [0.4, 0.5) is 5.69 Å². The highest BCUT2D eigenvalue weighted by Crippen LogP contribution is 2.15. The summed E-state index contributed by atoms with van der Waals surface area (Å²) in [6.45, 7) is 1.99. The summed E-state index contributed by atoms with van der Waals surface area (Å²) in [6.07, 6.45) is 0. The molecule has 2 aromatic rings. The third-order valence-corrected chi connectivity index (χ3v) is 2.67. The van der Waals surface area contributed by atoms with Gasteiger partial charge in [-0.05, 0) is 13.0 Å². The Morgan fingerprint density at radius 3 is 2.85 bits per heavy atom. The Hall–Kier alpha value is -2.77. The second kappa shape index (κ2) is 5.47. The van der Waals surface area contributed by atoms with Crippen LogP contribution in [0.1, 0.15) is 22.0 Å². The number of aryl methyl sites for hydroxylation is 1. The van der Waals surface area contributed by atoms with Crippen LogP contribution in [0.3, 0.4) is 0 Å². The molecule has 1 aromatic carbocycles. The Kier molecular flexibility index (Phi) is 3.74. The predicted octanol–water partition coefficient (Wildman–Crippen LogP) is 1.29. The van der Waals surface area contributed by atoms with Gasteiger partial charge in [-0.3, -0.25) is 20.0 Å². The normalized spacial score (nSPS) is 10.3. The SMILES string of the molecule is Cc1nc(CN(C)C(=O)c2cccc([N+](=O)[O-])c2)n[nH]1. The lowest BCUT2D eigenvalue weighted by Crippen LogP contribution is -2.26. The van der Waals surface area contributed by atoms with Gasteiger partial charge in [-0.25, -0.2) is 4.98 Å². The van der Waals surface area contributed by atoms with E-state index in [0.29, 0.717) is 11.6 Å². The van der Waals surface area contributed by atoms with Crippen molar-refractivity contribution >= 4 is 11.6 Å². The molecule has 0 aliphatic carbocycles. The van der Waals surface area contributed by atoms with Gasteiger partial charge in [0.1, 0.15) is 5.82 Å². The van der Waals surface area contributed by atoms with E-state index in [4.69, 9.17) is 0 Å². The Bertz CT molecular complexity index is 652. The lowest BCUT2D eigenvalue weighted by molar-refractivity contribution is -0.384. The number of carbonyl (C=O) groups is 1. The van der Waals surface area contributed by atoms with Gasteiger partial charge < -0.3 is 4.90 Å². The quantitative estimate of drug-likeness (QED) is 0.668. The maximum absolute atomic E-state index is 12.2. The molecule has 104 valence electrons. The molecule has 0 aliphatic rings. The average Bonchev–Trinajstić information content (AvgIpc) is 2.83. The number of nitro benzene ring substituents is 1. The Morgan fingerprint density at radius 1 is 1.50 bits per heavy atom. The minimum atomic E-state index is -0.532. The van der Waals surface area contributed by atoms with Crippen molar-refractivity contribution in [2.24, 2.45) is 0 Å². The topological polar surface area (TPSA) is 105 Å². The van der Waals surface area contributed by atoms with E-state index >= 15 is 0 Å². The van der Waals surface area contributed by atoms with Gasteiger partial charge in [-0.1, -0.05) is 6.07 Å². The van der Waals surface area contributed by atoms with Crippen LogP contribution >= 0.6 is 0 Å². The molecule has 1 N–H and O–H groups in total. The third-order valence-electron chi connectivity index (χ3n) is 2.67. The number of nitrogens with zero attached hydrogens (tertiary/aromatic N) is 4. The van der Waals surface area contributed by atoms with Crippen molar-refractivity contribution < 1.29 is 9.72 Å². The molecule has 0 fully saturated rings. The van der Waals surface area contributed by atoms with Crippen LogP contribution in [0, 0.1) is 17.0 Å². The third kappa shape index (κ3) is 2.97. The number of rotatable bonds is 4. The van der Waals surface area contributed by atoms with Gasteiger partial charge in [0.05, 0.1) is 11.5 Å². The standard InChI is InChI=1S/C12H13N5O3/c1-8-13-11(15-14-8)7-16(2)12(18)9-4-3-5-10(6-9)17(19)20/h3-6H,7H2,1-2H3,(H,13,14,15). The number of carbonyl (C=O) groups excluding carboxylic acids is 1. The molecule has 1 aromatic heterocycles. The van der Waals surface area contributed by atoms with Gasteiger partial charge in [0, 0.05) is 24.7 Å². The fraction of sp³-hybridized carbons (Fsp3) is 0.250. The van der Waals surface area contributed by atoms with Gasteiger partial charge in [0.2, 0.25) is 0 Å². The molecule has 1 amide bonds. The molecule has 0 saturated carbocycles. The van der Waals surface area contributed by atoms with Crippen LogP contribution in [0.5, 0.6) is 0 Å². The molecule has 0 radical (unpaired) electrons. The molecule has 2 rings (SSSR count). The van der Waals surface area contributed by atoms with E-state index in [2.05, 4.69) is 15.2 Å². The predicted molar refractivity (Wildman–Crippen MR) is 70.0 cm³/mol. The Morgan fingerprint density at radius 2 is 2.25 bits per heavy atom. The molecule has 0 spiro atoms. The number of aromatic amines is 1. The van der Waals surface area contributed by atoms with Crippen LogP contribution < -0.4 is 0 Å². The molecule has 8 heteroatoms. The first kappa shape index (κ1) is 13.7. The number of non-ortho nitro benzene ring substituents is 1. The van der Waals surface area contributed by atoms with Gasteiger partial charge >= 0.3 is 0 Å². The van der Waals surface area contributed by atoms with E-state index in [1.165, 1.54) is 29.2 Å². The lowest BCUT2D eigenvalue weighted by atomic mass is 10.2. The van der Waals surface area contributed by atoms with Crippen LogP contribution in [-0.4, -0.2) is 38.0 Å². The fourth-order valence-corrected chi connectivity index (χ4v) is 1.72. The average molecular weight is 275 g/mol. The van der Waals surface area contributed by atoms with Crippen molar-refractivity contribution in [3.05, 3.63) is 51.6 Å². The molecular formula is C12H13N5O3. The monoisotopic (exact) mass is 275 g/mol. The summed E-state index contributed by atoms with van der Waals surface area (Å²) in [5.74, 6) is 0.830. The van der Waals surface area contributed by atoms with Crippen LogP contribution in [0.2, 0.25) is 0 Å². The van der Waals surface area contributed by atoms with E-state index in [-0.39, 0.29) is 23.7 Å². The van der Waals surface area contributed by atoms with Gasteiger partial charge in [0.15, 0.2) is 5.82 Å². The number of benzene rings is 1. The number of H-pyrrole nitrogens is 1. The van der Waals surface area contributed by atoms with Crippen LogP contribution in [0.15, 0.2) is 24.3 Å². The lowest BCUT2D eigenvalue weighted by Gasteiger charge is -2.14.